The summed E-state index contributed by atoms with van der Waals surface area (Å²) in [6, 6.07) is 3.52. The second kappa shape index (κ2) is 4.42. The summed E-state index contributed by atoms with van der Waals surface area (Å²) in [5.74, 6) is 1.21. The standard InChI is InChI=1S/C11H16N2O/c14-11-4-3-10(13-8-11)7-12-6-5-9-1-2-9/h3-4,8-9,12,14H,1-2,5-7H2. The fraction of sp³-hybridized carbons (Fsp3) is 0.545. The second-order valence-electron chi connectivity index (χ2n) is 3.92. The van der Waals surface area contributed by atoms with E-state index in [4.69, 9.17) is 5.11 Å². The Kier molecular flexibility index (Phi) is 2.99. The van der Waals surface area contributed by atoms with Crippen LogP contribution in [0, 0.1) is 5.92 Å². The zero-order valence-electron chi connectivity index (χ0n) is 8.24. The molecule has 0 amide bonds. The number of rotatable bonds is 5. The first-order valence-electron chi connectivity index (χ1n) is 5.19. The van der Waals surface area contributed by atoms with Crippen molar-refractivity contribution in [2.75, 3.05) is 6.54 Å². The van der Waals surface area contributed by atoms with Crippen molar-refractivity contribution in [2.24, 2.45) is 5.92 Å². The van der Waals surface area contributed by atoms with Crippen molar-refractivity contribution in [3.05, 3.63) is 24.0 Å². The fourth-order valence-corrected chi connectivity index (χ4v) is 1.45. The normalized spacial score (nSPS) is 15.7. The van der Waals surface area contributed by atoms with E-state index in [0.29, 0.717) is 0 Å². The van der Waals surface area contributed by atoms with Crippen LogP contribution in [-0.4, -0.2) is 16.6 Å². The smallest absolute Gasteiger partial charge is 0.133 e. The highest BCUT2D eigenvalue weighted by atomic mass is 16.3. The van der Waals surface area contributed by atoms with Crippen LogP contribution in [0.4, 0.5) is 0 Å². The molecule has 0 unspecified atom stereocenters. The van der Waals surface area contributed by atoms with Gasteiger partial charge in [-0.25, -0.2) is 0 Å². The van der Waals surface area contributed by atoms with Crippen LogP contribution < -0.4 is 5.32 Å². The highest BCUT2D eigenvalue weighted by molar-refractivity contribution is 5.17. The number of nitrogens with one attached hydrogen (secondary N) is 1. The third-order valence-corrected chi connectivity index (χ3v) is 2.54. The van der Waals surface area contributed by atoms with Crippen LogP contribution >= 0.6 is 0 Å². The van der Waals surface area contributed by atoms with Crippen molar-refractivity contribution in [3.63, 3.8) is 0 Å². The fourth-order valence-electron chi connectivity index (χ4n) is 1.45. The zero-order chi connectivity index (χ0) is 9.80. The second-order valence-corrected chi connectivity index (χ2v) is 3.92. The molecule has 2 rings (SSSR count). The van der Waals surface area contributed by atoms with Crippen molar-refractivity contribution in [3.8, 4) is 5.75 Å². The SMILES string of the molecule is Oc1ccc(CNCCC2CC2)nc1. The van der Waals surface area contributed by atoms with Gasteiger partial charge in [0.15, 0.2) is 0 Å². The van der Waals surface area contributed by atoms with Crippen LogP contribution in [0.2, 0.25) is 0 Å². The Morgan fingerprint density at radius 3 is 2.93 bits per heavy atom. The Morgan fingerprint density at radius 1 is 1.43 bits per heavy atom. The summed E-state index contributed by atoms with van der Waals surface area (Å²) in [6.07, 6.45) is 5.61. The molecule has 1 heterocycles. The first-order chi connectivity index (χ1) is 6.84. The average molecular weight is 192 g/mol. The van der Waals surface area contributed by atoms with Gasteiger partial charge in [0, 0.05) is 6.54 Å². The minimum atomic E-state index is 0.228. The summed E-state index contributed by atoms with van der Waals surface area (Å²) in [4.78, 5) is 4.10. The van der Waals surface area contributed by atoms with Gasteiger partial charge < -0.3 is 10.4 Å². The van der Waals surface area contributed by atoms with E-state index in [2.05, 4.69) is 10.3 Å². The maximum atomic E-state index is 9.03. The van der Waals surface area contributed by atoms with Gasteiger partial charge in [-0.05, 0) is 31.0 Å². The van der Waals surface area contributed by atoms with E-state index in [-0.39, 0.29) is 5.75 Å². The minimum absolute atomic E-state index is 0.228. The Labute approximate surface area is 84.2 Å². The molecule has 14 heavy (non-hydrogen) atoms. The van der Waals surface area contributed by atoms with Crippen LogP contribution in [0.5, 0.6) is 5.75 Å². The maximum absolute atomic E-state index is 9.03. The van der Waals surface area contributed by atoms with Crippen molar-refractivity contribution < 1.29 is 5.11 Å². The maximum Gasteiger partial charge on any atom is 0.133 e. The molecule has 76 valence electrons. The molecular weight excluding hydrogens is 176 g/mol. The molecule has 1 aromatic rings. The first kappa shape index (κ1) is 9.46. The van der Waals surface area contributed by atoms with Crippen molar-refractivity contribution in [1.82, 2.24) is 10.3 Å². The molecule has 0 atom stereocenters. The van der Waals surface area contributed by atoms with Crippen LogP contribution in [0.25, 0.3) is 0 Å². The molecule has 1 saturated carbocycles. The van der Waals surface area contributed by atoms with Gasteiger partial charge in [0.05, 0.1) is 11.9 Å². The zero-order valence-corrected chi connectivity index (χ0v) is 8.24. The number of hydrogen-bond acceptors (Lipinski definition) is 3. The van der Waals surface area contributed by atoms with Crippen LogP contribution in [0.3, 0.4) is 0 Å². The topological polar surface area (TPSA) is 45.1 Å². The molecule has 0 spiro atoms. The lowest BCUT2D eigenvalue weighted by atomic mass is 10.3. The molecule has 0 radical (unpaired) electrons. The molecule has 1 aliphatic rings. The molecule has 2 N–H and O–H groups in total. The van der Waals surface area contributed by atoms with E-state index in [0.717, 1.165) is 24.7 Å². The van der Waals surface area contributed by atoms with Gasteiger partial charge in [-0.2, -0.15) is 0 Å². The van der Waals surface area contributed by atoms with Gasteiger partial charge in [-0.1, -0.05) is 12.8 Å². The predicted molar refractivity (Wildman–Crippen MR) is 54.9 cm³/mol. The molecule has 1 aliphatic carbocycles. The van der Waals surface area contributed by atoms with Gasteiger partial charge >= 0.3 is 0 Å². The summed E-state index contributed by atoms with van der Waals surface area (Å²) in [7, 11) is 0. The lowest BCUT2D eigenvalue weighted by Gasteiger charge is -2.03. The molecule has 1 fully saturated rings. The van der Waals surface area contributed by atoms with E-state index in [1.165, 1.54) is 25.5 Å². The van der Waals surface area contributed by atoms with E-state index in [1.807, 2.05) is 6.07 Å². The van der Waals surface area contributed by atoms with Crippen molar-refractivity contribution >= 4 is 0 Å². The van der Waals surface area contributed by atoms with Crippen LogP contribution in [-0.2, 0) is 6.54 Å². The molecule has 0 bridgehead atoms. The quantitative estimate of drug-likeness (QED) is 0.698. The Balaban J connectivity index is 1.66. The summed E-state index contributed by atoms with van der Waals surface area (Å²) < 4.78 is 0. The van der Waals surface area contributed by atoms with Gasteiger partial charge in [0.1, 0.15) is 5.75 Å². The van der Waals surface area contributed by atoms with E-state index in [9.17, 15) is 0 Å². The number of aromatic nitrogens is 1. The predicted octanol–water partition coefficient (Wildman–Crippen LogP) is 1.68. The van der Waals surface area contributed by atoms with E-state index >= 15 is 0 Å². The van der Waals surface area contributed by atoms with Gasteiger partial charge in [0.25, 0.3) is 0 Å². The summed E-state index contributed by atoms with van der Waals surface area (Å²) in [6.45, 7) is 1.88. The van der Waals surface area contributed by atoms with Crippen LogP contribution in [0.1, 0.15) is 25.0 Å². The van der Waals surface area contributed by atoms with Gasteiger partial charge in [0.2, 0.25) is 0 Å². The largest absolute Gasteiger partial charge is 0.506 e. The van der Waals surface area contributed by atoms with Gasteiger partial charge in [-0.3, -0.25) is 4.98 Å². The van der Waals surface area contributed by atoms with E-state index in [1.54, 1.807) is 6.07 Å². The summed E-state index contributed by atoms with van der Waals surface area (Å²) in [5.41, 5.74) is 0.985. The lowest BCUT2D eigenvalue weighted by Crippen LogP contribution is -2.15. The molecule has 3 nitrogen and oxygen atoms in total. The number of pyridine rings is 1. The van der Waals surface area contributed by atoms with Crippen molar-refractivity contribution in [2.45, 2.75) is 25.8 Å². The lowest BCUT2D eigenvalue weighted by molar-refractivity contribution is 0.471. The number of hydrogen-bond donors (Lipinski definition) is 2. The summed E-state index contributed by atoms with van der Waals surface area (Å²) in [5, 5.41) is 12.4. The van der Waals surface area contributed by atoms with E-state index < -0.39 is 0 Å². The third-order valence-electron chi connectivity index (χ3n) is 2.54. The molecule has 0 saturated heterocycles. The Morgan fingerprint density at radius 2 is 2.29 bits per heavy atom. The highest BCUT2D eigenvalue weighted by Gasteiger charge is 2.19. The molecule has 3 heteroatoms. The summed E-state index contributed by atoms with van der Waals surface area (Å²) >= 11 is 0. The van der Waals surface area contributed by atoms with Crippen molar-refractivity contribution in [1.29, 1.82) is 0 Å². The first-order valence-corrected chi connectivity index (χ1v) is 5.19. The Hall–Kier alpha value is -1.09. The highest BCUT2D eigenvalue weighted by Crippen LogP contribution is 2.31. The Bertz CT molecular complexity index is 280. The monoisotopic (exact) mass is 192 g/mol. The molecule has 0 aliphatic heterocycles. The number of nitrogens with zero attached hydrogens (tertiary/aromatic N) is 1. The van der Waals surface area contributed by atoms with Gasteiger partial charge in [-0.15, -0.1) is 0 Å². The molecule has 0 aromatic carbocycles. The molecule has 1 aromatic heterocycles. The molecular formula is C11H16N2O. The minimum Gasteiger partial charge on any atom is -0.506 e. The number of aromatic hydroxyl groups is 1. The van der Waals surface area contributed by atoms with Crippen LogP contribution in [0.15, 0.2) is 18.3 Å². The average Bonchev–Trinajstić information content (AvgIpc) is 2.99. The third kappa shape index (κ3) is 3.00.